The summed E-state index contributed by atoms with van der Waals surface area (Å²) in [4.78, 5) is 29.9. The molecular weight excluding hydrogens is 428 g/mol. The number of amides is 1. The highest BCUT2D eigenvalue weighted by atomic mass is 35.5. The lowest BCUT2D eigenvalue weighted by Crippen LogP contribution is -2.31. The number of nitrogens with zero attached hydrogens (tertiary/aromatic N) is 1. The molecule has 0 radical (unpaired) electrons. The molecule has 1 aliphatic carbocycles. The molecule has 1 aromatic heterocycles. The molecule has 7 heteroatoms. The standard InChI is InChI=1S/C25H23ClN2O4/c1-31-13-12-27-22(29)15-32-25(30)23-19-4-2-3-5-21(19)28-24-17(8-11-20(23)24)14-16-6-9-18(26)10-7-16/h2-7,9-10,14H,8,11-13,15H2,1H3,(H,27,29)/b17-14+. The Kier molecular flexibility index (Phi) is 6.83. The topological polar surface area (TPSA) is 77.5 Å². The molecule has 1 heterocycles. The number of nitrogens with one attached hydrogen (secondary N) is 1. The second-order valence-corrected chi connectivity index (χ2v) is 7.91. The number of methoxy groups -OCH3 is 1. The number of benzene rings is 2. The number of esters is 1. The third-order valence-corrected chi connectivity index (χ3v) is 5.57. The Labute approximate surface area is 191 Å². The van der Waals surface area contributed by atoms with Gasteiger partial charge in [-0.15, -0.1) is 0 Å². The van der Waals surface area contributed by atoms with Crippen LogP contribution in [0.5, 0.6) is 0 Å². The molecule has 1 N–H and O–H groups in total. The third kappa shape index (κ3) is 4.82. The van der Waals surface area contributed by atoms with Gasteiger partial charge in [0.25, 0.3) is 5.91 Å². The normalized spacial score (nSPS) is 13.9. The molecule has 0 saturated carbocycles. The van der Waals surface area contributed by atoms with Gasteiger partial charge in [0.15, 0.2) is 6.61 Å². The minimum Gasteiger partial charge on any atom is -0.452 e. The maximum Gasteiger partial charge on any atom is 0.339 e. The predicted molar refractivity (Wildman–Crippen MR) is 125 cm³/mol. The first-order valence-electron chi connectivity index (χ1n) is 10.4. The van der Waals surface area contributed by atoms with Gasteiger partial charge >= 0.3 is 5.97 Å². The van der Waals surface area contributed by atoms with Crippen molar-refractivity contribution in [2.45, 2.75) is 12.8 Å². The maximum absolute atomic E-state index is 13.1. The first kappa shape index (κ1) is 22.0. The van der Waals surface area contributed by atoms with Crippen LogP contribution in [-0.2, 0) is 20.7 Å². The lowest BCUT2D eigenvalue weighted by molar-refractivity contribution is -0.124. The first-order valence-corrected chi connectivity index (χ1v) is 10.8. The summed E-state index contributed by atoms with van der Waals surface area (Å²) in [5.41, 5.74) is 4.92. The van der Waals surface area contributed by atoms with Gasteiger partial charge in [-0.1, -0.05) is 41.9 Å². The number of pyridine rings is 1. The molecule has 0 fully saturated rings. The van der Waals surface area contributed by atoms with Crippen molar-refractivity contribution >= 4 is 46.0 Å². The quantitative estimate of drug-likeness (QED) is 0.429. The van der Waals surface area contributed by atoms with E-state index in [0.29, 0.717) is 35.7 Å². The number of rotatable bonds is 7. The van der Waals surface area contributed by atoms with Crippen LogP contribution in [0.25, 0.3) is 22.6 Å². The second kappa shape index (κ2) is 9.94. The summed E-state index contributed by atoms with van der Waals surface area (Å²) in [5, 5.41) is 4.05. The monoisotopic (exact) mass is 450 g/mol. The lowest BCUT2D eigenvalue weighted by Gasteiger charge is -2.12. The van der Waals surface area contributed by atoms with Crippen molar-refractivity contribution < 1.29 is 19.1 Å². The molecule has 0 spiro atoms. The van der Waals surface area contributed by atoms with Crippen LogP contribution in [0.3, 0.4) is 0 Å². The molecule has 0 saturated heterocycles. The van der Waals surface area contributed by atoms with Gasteiger partial charge < -0.3 is 14.8 Å². The van der Waals surface area contributed by atoms with E-state index in [-0.39, 0.29) is 12.5 Å². The van der Waals surface area contributed by atoms with Gasteiger partial charge in [0.2, 0.25) is 0 Å². The summed E-state index contributed by atoms with van der Waals surface area (Å²) in [7, 11) is 1.55. The number of carbonyl (C=O) groups excluding carboxylic acids is 2. The number of carbonyl (C=O) groups is 2. The fourth-order valence-corrected chi connectivity index (χ4v) is 3.95. The molecule has 3 aromatic rings. The fraction of sp³-hybridized carbons (Fsp3) is 0.240. The van der Waals surface area contributed by atoms with E-state index < -0.39 is 5.97 Å². The second-order valence-electron chi connectivity index (χ2n) is 7.47. The van der Waals surface area contributed by atoms with Crippen LogP contribution in [0.15, 0.2) is 48.5 Å². The average molecular weight is 451 g/mol. The number of hydrogen-bond acceptors (Lipinski definition) is 5. The highest BCUT2D eigenvalue weighted by molar-refractivity contribution is 6.30. The molecule has 32 heavy (non-hydrogen) atoms. The SMILES string of the molecule is COCCNC(=O)COC(=O)c1c2c(nc3ccccc13)/C(=C/c1ccc(Cl)cc1)CC2. The number of ether oxygens (including phenoxy) is 2. The lowest BCUT2D eigenvalue weighted by atomic mass is 10.0. The summed E-state index contributed by atoms with van der Waals surface area (Å²) < 4.78 is 10.3. The highest BCUT2D eigenvalue weighted by Crippen LogP contribution is 2.37. The number of para-hydroxylation sites is 1. The van der Waals surface area contributed by atoms with Gasteiger partial charge in [-0.25, -0.2) is 9.78 Å². The van der Waals surface area contributed by atoms with Crippen LogP contribution < -0.4 is 5.32 Å². The Balaban J connectivity index is 1.65. The Hall–Kier alpha value is -3.22. The predicted octanol–water partition coefficient (Wildman–Crippen LogP) is 4.29. The minimum atomic E-state index is -0.519. The van der Waals surface area contributed by atoms with E-state index in [0.717, 1.165) is 34.2 Å². The largest absolute Gasteiger partial charge is 0.452 e. The van der Waals surface area contributed by atoms with E-state index in [1.807, 2.05) is 48.5 Å². The van der Waals surface area contributed by atoms with Crippen molar-refractivity contribution in [2.75, 3.05) is 26.9 Å². The molecular formula is C25H23ClN2O4. The number of hydrogen-bond donors (Lipinski definition) is 1. The van der Waals surface area contributed by atoms with Crippen molar-refractivity contribution in [1.29, 1.82) is 0 Å². The van der Waals surface area contributed by atoms with E-state index >= 15 is 0 Å². The van der Waals surface area contributed by atoms with Gasteiger partial charge in [-0.05, 0) is 53.8 Å². The van der Waals surface area contributed by atoms with Crippen molar-refractivity contribution in [2.24, 2.45) is 0 Å². The zero-order valence-corrected chi connectivity index (χ0v) is 18.4. The summed E-state index contributed by atoms with van der Waals surface area (Å²) in [5.74, 6) is -0.886. The van der Waals surface area contributed by atoms with Gasteiger partial charge in [0.1, 0.15) is 0 Å². The Morgan fingerprint density at radius 3 is 2.69 bits per heavy atom. The summed E-state index contributed by atoms with van der Waals surface area (Å²) in [6.45, 7) is 0.408. The smallest absolute Gasteiger partial charge is 0.339 e. The number of aromatic nitrogens is 1. The van der Waals surface area contributed by atoms with Crippen LogP contribution in [-0.4, -0.2) is 43.7 Å². The van der Waals surface area contributed by atoms with Gasteiger partial charge in [-0.2, -0.15) is 0 Å². The third-order valence-electron chi connectivity index (χ3n) is 5.32. The van der Waals surface area contributed by atoms with E-state index in [1.54, 1.807) is 7.11 Å². The van der Waals surface area contributed by atoms with Crippen molar-refractivity contribution in [3.63, 3.8) is 0 Å². The van der Waals surface area contributed by atoms with E-state index in [4.69, 9.17) is 26.1 Å². The van der Waals surface area contributed by atoms with Crippen LogP contribution in [0.4, 0.5) is 0 Å². The van der Waals surface area contributed by atoms with Crippen LogP contribution in [0, 0.1) is 0 Å². The number of fused-ring (bicyclic) bond motifs is 2. The highest BCUT2D eigenvalue weighted by Gasteiger charge is 2.27. The molecule has 164 valence electrons. The Morgan fingerprint density at radius 2 is 1.91 bits per heavy atom. The number of allylic oxidation sites excluding steroid dienone is 1. The maximum atomic E-state index is 13.1. The van der Waals surface area contributed by atoms with Gasteiger partial charge in [0, 0.05) is 24.1 Å². The van der Waals surface area contributed by atoms with Gasteiger partial charge in [-0.3, -0.25) is 4.79 Å². The number of halogens is 1. The zero-order valence-electron chi connectivity index (χ0n) is 17.7. The summed E-state index contributed by atoms with van der Waals surface area (Å²) in [6.07, 6.45) is 3.51. The summed E-state index contributed by atoms with van der Waals surface area (Å²) >= 11 is 6.00. The fourth-order valence-electron chi connectivity index (χ4n) is 3.82. The Bertz CT molecular complexity index is 1190. The molecule has 6 nitrogen and oxygen atoms in total. The van der Waals surface area contributed by atoms with Crippen molar-refractivity contribution in [3.05, 3.63) is 75.9 Å². The molecule has 0 atom stereocenters. The first-order chi connectivity index (χ1) is 15.6. The van der Waals surface area contributed by atoms with Crippen molar-refractivity contribution in [3.8, 4) is 0 Å². The molecule has 0 unspecified atom stereocenters. The minimum absolute atomic E-state index is 0.346. The van der Waals surface area contributed by atoms with Crippen molar-refractivity contribution in [1.82, 2.24) is 10.3 Å². The molecule has 2 aromatic carbocycles. The molecule has 1 amide bonds. The molecule has 1 aliphatic rings. The molecule has 0 aliphatic heterocycles. The van der Waals surface area contributed by atoms with Crippen LogP contribution >= 0.6 is 11.6 Å². The summed E-state index contributed by atoms with van der Waals surface area (Å²) in [6, 6.07) is 15.1. The molecule has 4 rings (SSSR count). The molecule has 0 bridgehead atoms. The van der Waals surface area contributed by atoms with Crippen LogP contribution in [0.1, 0.15) is 33.6 Å². The Morgan fingerprint density at radius 1 is 1.12 bits per heavy atom. The average Bonchev–Trinajstić information content (AvgIpc) is 3.19. The van der Waals surface area contributed by atoms with Gasteiger partial charge in [0.05, 0.1) is 23.4 Å². The van der Waals surface area contributed by atoms with Crippen LogP contribution in [0.2, 0.25) is 5.02 Å². The van der Waals surface area contributed by atoms with E-state index in [9.17, 15) is 9.59 Å². The zero-order chi connectivity index (χ0) is 22.5. The van der Waals surface area contributed by atoms with E-state index in [1.165, 1.54) is 0 Å². The van der Waals surface area contributed by atoms with E-state index in [2.05, 4.69) is 11.4 Å².